The largest absolute Gasteiger partial charge is 0.464 e. The molecule has 0 amide bonds. The minimum atomic E-state index is -0.241. The maximum absolute atomic E-state index is 12.7. The number of hydrogen-bond donors (Lipinski definition) is 0. The smallest absolute Gasteiger partial charge is 0.325 e. The summed E-state index contributed by atoms with van der Waals surface area (Å²) in [4.78, 5) is 25.2. The van der Waals surface area contributed by atoms with Crippen molar-refractivity contribution >= 4 is 27.8 Å². The van der Waals surface area contributed by atoms with E-state index in [2.05, 4.69) is 0 Å². The zero-order valence-corrected chi connectivity index (χ0v) is 14.8. The predicted octanol–water partition coefficient (Wildman–Crippen LogP) is 4.28. The summed E-state index contributed by atoms with van der Waals surface area (Å²) in [7, 11) is 0. The van der Waals surface area contributed by atoms with Crippen LogP contribution in [0.5, 0.6) is 0 Å². The van der Waals surface area contributed by atoms with Crippen LogP contribution in [0.3, 0.4) is 0 Å². The van der Waals surface area contributed by atoms with Crippen LogP contribution in [0.1, 0.15) is 32.1 Å². The van der Waals surface area contributed by atoms with Gasteiger partial charge in [0, 0.05) is 10.8 Å². The predicted molar refractivity (Wildman–Crippen MR) is 103 cm³/mol. The lowest BCUT2D eigenvalue weighted by Crippen LogP contribution is -2.21. The first-order chi connectivity index (χ1) is 12.7. The molecule has 2 aromatic carbocycles. The summed E-state index contributed by atoms with van der Waals surface area (Å²) in [6, 6.07) is 14.9. The highest BCUT2D eigenvalue weighted by molar-refractivity contribution is 5.94. The fourth-order valence-electron chi connectivity index (χ4n) is 3.99. The Kier molecular flexibility index (Phi) is 4.74. The second-order valence-electron chi connectivity index (χ2n) is 7.14. The van der Waals surface area contributed by atoms with E-state index in [4.69, 9.17) is 4.74 Å². The van der Waals surface area contributed by atoms with Crippen LogP contribution in [0.2, 0.25) is 0 Å². The highest BCUT2D eigenvalue weighted by atomic mass is 16.5. The molecule has 4 nitrogen and oxygen atoms in total. The summed E-state index contributed by atoms with van der Waals surface area (Å²) >= 11 is 0. The first-order valence-electron chi connectivity index (χ1n) is 9.40. The molecule has 4 heteroatoms. The number of nitrogens with zero attached hydrogens (tertiary/aromatic N) is 1. The van der Waals surface area contributed by atoms with Crippen LogP contribution in [-0.4, -0.2) is 17.1 Å². The minimum Gasteiger partial charge on any atom is -0.464 e. The number of hydrogen-bond acceptors (Lipinski definition) is 3. The van der Waals surface area contributed by atoms with E-state index in [1.54, 1.807) is 0 Å². The van der Waals surface area contributed by atoms with Gasteiger partial charge in [-0.15, -0.1) is 0 Å². The molecule has 0 aliphatic heterocycles. The van der Waals surface area contributed by atoms with Crippen molar-refractivity contribution in [1.29, 1.82) is 0 Å². The normalized spacial score (nSPS) is 15.4. The second kappa shape index (κ2) is 7.32. The van der Waals surface area contributed by atoms with Crippen molar-refractivity contribution in [2.75, 3.05) is 6.61 Å². The average molecular weight is 349 g/mol. The quantitative estimate of drug-likeness (QED) is 0.522. The van der Waals surface area contributed by atoms with E-state index in [0.29, 0.717) is 23.3 Å². The molecule has 0 atom stereocenters. The van der Waals surface area contributed by atoms with Gasteiger partial charge in [0.15, 0.2) is 5.43 Å². The maximum Gasteiger partial charge on any atom is 0.325 e. The molecular formula is C22H23NO3. The molecular weight excluding hydrogens is 326 g/mol. The molecule has 26 heavy (non-hydrogen) atoms. The Morgan fingerprint density at radius 1 is 0.923 bits per heavy atom. The summed E-state index contributed by atoms with van der Waals surface area (Å²) in [5.41, 5.74) is 1.54. The molecule has 0 spiro atoms. The van der Waals surface area contributed by atoms with Gasteiger partial charge in [-0.05, 0) is 43.0 Å². The summed E-state index contributed by atoms with van der Waals surface area (Å²) in [6.07, 6.45) is 6.06. The van der Waals surface area contributed by atoms with Crippen molar-refractivity contribution in [3.63, 3.8) is 0 Å². The summed E-state index contributed by atoms with van der Waals surface area (Å²) in [5.74, 6) is 0.254. The fraction of sp³-hybridized carbons (Fsp3) is 0.364. The van der Waals surface area contributed by atoms with Gasteiger partial charge < -0.3 is 9.30 Å². The van der Waals surface area contributed by atoms with Gasteiger partial charge in [-0.1, -0.05) is 43.5 Å². The van der Waals surface area contributed by atoms with Gasteiger partial charge in [-0.3, -0.25) is 9.59 Å². The average Bonchev–Trinajstić information content (AvgIpc) is 2.70. The third-order valence-electron chi connectivity index (χ3n) is 5.37. The zero-order valence-electron chi connectivity index (χ0n) is 14.8. The van der Waals surface area contributed by atoms with E-state index in [1.807, 2.05) is 53.1 Å². The Bertz CT molecular complexity index is 939. The molecule has 1 heterocycles. The summed E-state index contributed by atoms with van der Waals surface area (Å²) < 4.78 is 7.47. The van der Waals surface area contributed by atoms with Crippen LogP contribution in [-0.2, 0) is 16.1 Å². The molecule has 1 aromatic heterocycles. The molecule has 0 N–H and O–H groups in total. The molecule has 0 radical (unpaired) electrons. The number of carbonyl (C=O) groups is 1. The van der Waals surface area contributed by atoms with Crippen molar-refractivity contribution in [3.8, 4) is 0 Å². The van der Waals surface area contributed by atoms with Crippen LogP contribution in [0, 0.1) is 5.92 Å². The standard InChI is InChI=1S/C22H23NO3/c24-21(26-15-16-8-2-1-3-9-16)14-23-19-12-6-4-10-17(19)22(25)18-11-5-7-13-20(18)23/h4-7,10-13,16H,1-3,8-9,14-15H2. The number of esters is 1. The molecule has 0 saturated heterocycles. The number of benzene rings is 2. The zero-order chi connectivity index (χ0) is 17.9. The first kappa shape index (κ1) is 16.8. The van der Waals surface area contributed by atoms with E-state index in [-0.39, 0.29) is 17.9 Å². The maximum atomic E-state index is 12.7. The number of ether oxygens (including phenoxy) is 1. The van der Waals surface area contributed by atoms with Gasteiger partial charge in [0.05, 0.1) is 17.6 Å². The van der Waals surface area contributed by atoms with Gasteiger partial charge in [0.2, 0.25) is 0 Å². The van der Waals surface area contributed by atoms with Gasteiger partial charge in [-0.2, -0.15) is 0 Å². The number of rotatable bonds is 4. The molecule has 134 valence electrons. The number of pyridine rings is 1. The van der Waals surface area contributed by atoms with E-state index < -0.39 is 0 Å². The summed E-state index contributed by atoms with van der Waals surface area (Å²) in [6.45, 7) is 0.628. The third-order valence-corrected chi connectivity index (χ3v) is 5.37. The Morgan fingerprint density at radius 3 is 2.12 bits per heavy atom. The second-order valence-corrected chi connectivity index (χ2v) is 7.14. The van der Waals surface area contributed by atoms with Crippen LogP contribution < -0.4 is 5.43 Å². The van der Waals surface area contributed by atoms with Gasteiger partial charge in [-0.25, -0.2) is 0 Å². The molecule has 4 rings (SSSR count). The molecule has 1 aliphatic rings. The molecule has 1 fully saturated rings. The Hall–Kier alpha value is -2.62. The monoisotopic (exact) mass is 349 g/mol. The Labute approximate surface area is 152 Å². The molecule has 1 aliphatic carbocycles. The van der Waals surface area contributed by atoms with Crippen LogP contribution in [0.4, 0.5) is 0 Å². The number of para-hydroxylation sites is 2. The molecule has 3 aromatic rings. The van der Waals surface area contributed by atoms with E-state index in [0.717, 1.165) is 23.9 Å². The highest BCUT2D eigenvalue weighted by Gasteiger charge is 2.17. The van der Waals surface area contributed by atoms with E-state index in [9.17, 15) is 9.59 Å². The lowest BCUT2D eigenvalue weighted by atomic mass is 9.90. The molecule has 0 unspecified atom stereocenters. The lowest BCUT2D eigenvalue weighted by molar-refractivity contribution is -0.145. The minimum absolute atomic E-state index is 0.00280. The lowest BCUT2D eigenvalue weighted by Gasteiger charge is -2.21. The van der Waals surface area contributed by atoms with Crippen molar-refractivity contribution in [2.45, 2.75) is 38.6 Å². The molecule has 0 bridgehead atoms. The van der Waals surface area contributed by atoms with Gasteiger partial charge >= 0.3 is 5.97 Å². The van der Waals surface area contributed by atoms with Crippen molar-refractivity contribution in [1.82, 2.24) is 4.57 Å². The number of fused-ring (bicyclic) bond motifs is 2. The molecule has 1 saturated carbocycles. The third kappa shape index (κ3) is 3.24. The Morgan fingerprint density at radius 2 is 1.50 bits per heavy atom. The Balaban J connectivity index is 1.65. The van der Waals surface area contributed by atoms with Crippen LogP contribution in [0.15, 0.2) is 53.3 Å². The van der Waals surface area contributed by atoms with Crippen LogP contribution >= 0.6 is 0 Å². The van der Waals surface area contributed by atoms with Crippen molar-refractivity contribution in [2.24, 2.45) is 5.92 Å². The topological polar surface area (TPSA) is 48.3 Å². The highest BCUT2D eigenvalue weighted by Crippen LogP contribution is 2.24. The fourth-order valence-corrected chi connectivity index (χ4v) is 3.99. The number of aromatic nitrogens is 1. The first-order valence-corrected chi connectivity index (χ1v) is 9.40. The van der Waals surface area contributed by atoms with E-state index >= 15 is 0 Å². The van der Waals surface area contributed by atoms with Gasteiger partial charge in [0.25, 0.3) is 0 Å². The van der Waals surface area contributed by atoms with Crippen LogP contribution in [0.25, 0.3) is 21.8 Å². The SMILES string of the molecule is O=C(Cn1c2ccccc2c(=O)c2ccccc21)OCC1CCCCC1. The van der Waals surface area contributed by atoms with E-state index in [1.165, 1.54) is 19.3 Å². The van der Waals surface area contributed by atoms with Crippen molar-refractivity contribution in [3.05, 3.63) is 58.8 Å². The number of carbonyl (C=O) groups excluding carboxylic acids is 1. The summed E-state index contributed by atoms with van der Waals surface area (Å²) in [5, 5.41) is 1.26. The van der Waals surface area contributed by atoms with Gasteiger partial charge in [0.1, 0.15) is 6.54 Å². The van der Waals surface area contributed by atoms with Crippen molar-refractivity contribution < 1.29 is 9.53 Å².